The highest BCUT2D eigenvalue weighted by atomic mass is 32.2. The van der Waals surface area contributed by atoms with E-state index in [9.17, 15) is 13.2 Å². The zero-order valence-electron chi connectivity index (χ0n) is 20.3. The highest BCUT2D eigenvalue weighted by molar-refractivity contribution is 7.92. The first-order valence-corrected chi connectivity index (χ1v) is 13.9. The maximum Gasteiger partial charge on any atom is 0.276 e. The van der Waals surface area contributed by atoms with Gasteiger partial charge in [-0.05, 0) is 74.6 Å². The van der Waals surface area contributed by atoms with E-state index in [0.29, 0.717) is 34.4 Å². The largest absolute Gasteiger partial charge is 0.391 e. The normalized spacial score (nSPS) is 21.9. The van der Waals surface area contributed by atoms with Gasteiger partial charge < -0.3 is 14.7 Å². The zero-order chi connectivity index (χ0) is 25.6. The van der Waals surface area contributed by atoms with E-state index in [1.807, 2.05) is 6.92 Å². The number of fused-ring (bicyclic) bond motifs is 1. The molecule has 3 aliphatic rings. The van der Waals surface area contributed by atoms with Crippen LogP contribution in [0.15, 0.2) is 63.1 Å². The van der Waals surface area contributed by atoms with Gasteiger partial charge in [0.05, 0.1) is 10.6 Å². The third-order valence-corrected chi connectivity index (χ3v) is 8.73. The predicted molar refractivity (Wildman–Crippen MR) is 136 cm³/mol. The average molecular weight is 522 g/mol. The lowest BCUT2D eigenvalue weighted by Gasteiger charge is -2.22. The Labute approximate surface area is 214 Å². The van der Waals surface area contributed by atoms with Gasteiger partial charge in [-0.3, -0.25) is 9.52 Å². The van der Waals surface area contributed by atoms with E-state index < -0.39 is 10.0 Å². The number of carbonyl (C=O) groups is 1. The van der Waals surface area contributed by atoms with E-state index in [2.05, 4.69) is 25.3 Å². The Balaban J connectivity index is 1.14. The zero-order valence-corrected chi connectivity index (χ0v) is 21.1. The van der Waals surface area contributed by atoms with Gasteiger partial charge >= 0.3 is 0 Å². The average Bonchev–Trinajstić information content (AvgIpc) is 3.28. The Hall–Kier alpha value is -3.73. The van der Waals surface area contributed by atoms with Crippen molar-refractivity contribution < 1.29 is 22.6 Å². The molecular formula is C26H27N5O5S. The molecule has 2 heterocycles. The number of nitrogens with zero attached hydrogens (tertiary/aromatic N) is 3. The molecular weight excluding hydrogens is 494 g/mol. The maximum absolute atomic E-state index is 13.0. The number of carbonyl (C=O) groups excluding carboxylic acids is 1. The molecule has 2 saturated carbocycles. The lowest BCUT2D eigenvalue weighted by molar-refractivity contribution is -0.120. The molecule has 0 spiro atoms. The van der Waals surface area contributed by atoms with Crippen LogP contribution < -0.4 is 10.0 Å². The number of sulfonamides is 1. The van der Waals surface area contributed by atoms with E-state index in [1.54, 1.807) is 36.4 Å². The van der Waals surface area contributed by atoms with E-state index in [4.69, 9.17) is 9.36 Å². The SMILES string of the molecule is CC1(C(=O)Nc2cccc(NS(=O)(=O)c3ccc(-c4noc(C5=NOC6CCCCC56)n4)cc3)c2)CC1. The van der Waals surface area contributed by atoms with Crippen molar-refractivity contribution in [2.45, 2.75) is 56.4 Å². The number of oxime groups is 1. The second kappa shape index (κ2) is 8.98. The summed E-state index contributed by atoms with van der Waals surface area (Å²) in [4.78, 5) is 22.4. The van der Waals surface area contributed by atoms with Gasteiger partial charge in [0.25, 0.3) is 15.9 Å². The van der Waals surface area contributed by atoms with Crippen LogP contribution in [0.3, 0.4) is 0 Å². The summed E-state index contributed by atoms with van der Waals surface area (Å²) in [5, 5.41) is 11.1. The molecule has 10 nitrogen and oxygen atoms in total. The fourth-order valence-electron chi connectivity index (χ4n) is 4.72. The summed E-state index contributed by atoms with van der Waals surface area (Å²) in [5.74, 6) is 0.801. The lowest BCUT2D eigenvalue weighted by Crippen LogP contribution is -2.27. The molecule has 6 rings (SSSR count). The Bertz CT molecular complexity index is 1480. The molecule has 0 radical (unpaired) electrons. The minimum atomic E-state index is -3.86. The molecule has 192 valence electrons. The van der Waals surface area contributed by atoms with Gasteiger partial charge in [0.2, 0.25) is 11.7 Å². The summed E-state index contributed by atoms with van der Waals surface area (Å²) in [7, 11) is -3.86. The van der Waals surface area contributed by atoms with Crippen molar-refractivity contribution in [3.8, 4) is 11.4 Å². The summed E-state index contributed by atoms with van der Waals surface area (Å²) >= 11 is 0. The van der Waals surface area contributed by atoms with Crippen LogP contribution in [0.5, 0.6) is 0 Å². The standard InChI is InChI=1S/C26H27N5O5S/c1-26(13-14-26)25(32)27-17-5-4-6-18(15-17)31-37(33,34)19-11-9-16(10-12-19)23-28-24(36-30-23)22-20-7-2-3-8-21(20)35-29-22/h4-6,9-12,15,20-21,31H,2-3,7-8,13-14H2,1H3,(H,27,32). The first-order chi connectivity index (χ1) is 17.8. The fraction of sp³-hybridized carbons (Fsp3) is 0.385. The molecule has 2 atom stereocenters. The topological polar surface area (TPSA) is 136 Å². The molecule has 1 aliphatic heterocycles. The van der Waals surface area contributed by atoms with Crippen LogP contribution in [0, 0.1) is 11.3 Å². The van der Waals surface area contributed by atoms with Gasteiger partial charge in [0.1, 0.15) is 6.10 Å². The molecule has 2 aromatic carbocycles. The molecule has 2 unspecified atom stereocenters. The van der Waals surface area contributed by atoms with Gasteiger partial charge in [-0.15, -0.1) is 0 Å². The third kappa shape index (κ3) is 4.71. The number of rotatable bonds is 7. The number of nitrogens with one attached hydrogen (secondary N) is 2. The monoisotopic (exact) mass is 521 g/mol. The summed E-state index contributed by atoms with van der Waals surface area (Å²) in [5.41, 5.74) is 1.88. The second-order valence-corrected chi connectivity index (χ2v) is 11.8. The second-order valence-electron chi connectivity index (χ2n) is 10.2. The number of hydrogen-bond acceptors (Lipinski definition) is 8. The Morgan fingerprint density at radius 1 is 1.05 bits per heavy atom. The van der Waals surface area contributed by atoms with Gasteiger partial charge in [-0.25, -0.2) is 8.42 Å². The number of aromatic nitrogens is 2. The summed E-state index contributed by atoms with van der Waals surface area (Å²) in [6.45, 7) is 1.91. The van der Waals surface area contributed by atoms with Gasteiger partial charge in [-0.1, -0.05) is 29.7 Å². The summed E-state index contributed by atoms with van der Waals surface area (Å²) < 4.78 is 34.0. The molecule has 0 saturated heterocycles. The van der Waals surface area contributed by atoms with Crippen LogP contribution in [-0.4, -0.2) is 36.3 Å². The Morgan fingerprint density at radius 3 is 2.59 bits per heavy atom. The third-order valence-electron chi connectivity index (χ3n) is 7.33. The highest BCUT2D eigenvalue weighted by Gasteiger charge is 2.45. The van der Waals surface area contributed by atoms with E-state index >= 15 is 0 Å². The van der Waals surface area contributed by atoms with E-state index in [1.165, 1.54) is 12.1 Å². The molecule has 1 amide bonds. The molecule has 2 fully saturated rings. The highest BCUT2D eigenvalue weighted by Crippen LogP contribution is 2.45. The van der Waals surface area contributed by atoms with Crippen molar-refractivity contribution in [1.29, 1.82) is 0 Å². The van der Waals surface area contributed by atoms with Crippen LogP contribution in [-0.2, 0) is 19.7 Å². The van der Waals surface area contributed by atoms with Crippen LogP contribution in [0.25, 0.3) is 11.4 Å². The number of anilines is 2. The number of benzene rings is 2. The first kappa shape index (κ1) is 23.7. The predicted octanol–water partition coefficient (Wildman–Crippen LogP) is 4.57. The minimum absolute atomic E-state index is 0.0567. The minimum Gasteiger partial charge on any atom is -0.391 e. The van der Waals surface area contributed by atoms with E-state index in [-0.39, 0.29) is 28.2 Å². The summed E-state index contributed by atoms with van der Waals surface area (Å²) in [6.07, 6.45) is 6.00. The Kier molecular flexibility index (Phi) is 5.74. The number of amides is 1. The molecule has 37 heavy (non-hydrogen) atoms. The van der Waals surface area contributed by atoms with Crippen molar-refractivity contribution in [2.24, 2.45) is 16.5 Å². The van der Waals surface area contributed by atoms with Crippen molar-refractivity contribution >= 4 is 33.0 Å². The first-order valence-electron chi connectivity index (χ1n) is 12.4. The van der Waals surface area contributed by atoms with Gasteiger partial charge in [0.15, 0.2) is 5.71 Å². The molecule has 11 heteroatoms. The maximum atomic E-state index is 13.0. The lowest BCUT2D eigenvalue weighted by atomic mass is 9.84. The molecule has 2 aliphatic carbocycles. The fourth-order valence-corrected chi connectivity index (χ4v) is 5.77. The quantitative estimate of drug-likeness (QED) is 0.465. The summed E-state index contributed by atoms with van der Waals surface area (Å²) in [6, 6.07) is 12.9. The van der Waals surface area contributed by atoms with Crippen LogP contribution >= 0.6 is 0 Å². The van der Waals surface area contributed by atoms with Gasteiger partial charge in [0, 0.05) is 22.6 Å². The van der Waals surface area contributed by atoms with Crippen LogP contribution in [0.1, 0.15) is 51.3 Å². The van der Waals surface area contributed by atoms with Crippen molar-refractivity contribution in [3.05, 3.63) is 54.4 Å². The smallest absolute Gasteiger partial charge is 0.276 e. The molecule has 1 aromatic heterocycles. The van der Waals surface area contributed by atoms with Crippen molar-refractivity contribution in [3.63, 3.8) is 0 Å². The van der Waals surface area contributed by atoms with Crippen molar-refractivity contribution in [2.75, 3.05) is 10.0 Å². The van der Waals surface area contributed by atoms with Crippen molar-refractivity contribution in [1.82, 2.24) is 10.1 Å². The van der Waals surface area contributed by atoms with Crippen LogP contribution in [0.4, 0.5) is 11.4 Å². The molecule has 2 N–H and O–H groups in total. The molecule has 3 aromatic rings. The number of hydrogen-bond donors (Lipinski definition) is 2. The van der Waals surface area contributed by atoms with Gasteiger partial charge in [-0.2, -0.15) is 4.98 Å². The van der Waals surface area contributed by atoms with E-state index in [0.717, 1.165) is 38.5 Å². The molecule has 0 bridgehead atoms. The van der Waals surface area contributed by atoms with Crippen LogP contribution in [0.2, 0.25) is 0 Å². The Morgan fingerprint density at radius 2 is 1.81 bits per heavy atom.